The Morgan fingerprint density at radius 2 is 2.05 bits per heavy atom. The van der Waals surface area contributed by atoms with E-state index in [1.807, 2.05) is 0 Å². The molecular formula is C15H20FN3O2. The number of nitrogen functional groups attached to an aromatic ring is 1. The van der Waals surface area contributed by atoms with Gasteiger partial charge >= 0.3 is 0 Å². The molecule has 1 aliphatic rings. The lowest BCUT2D eigenvalue weighted by Gasteiger charge is -2.24. The van der Waals surface area contributed by atoms with E-state index in [0.717, 1.165) is 31.7 Å². The van der Waals surface area contributed by atoms with Crippen molar-refractivity contribution in [3.63, 3.8) is 0 Å². The van der Waals surface area contributed by atoms with Gasteiger partial charge in [-0.1, -0.05) is 12.8 Å². The largest absolute Gasteiger partial charge is 0.397 e. The van der Waals surface area contributed by atoms with Gasteiger partial charge in [-0.2, -0.15) is 0 Å². The first-order valence-electron chi connectivity index (χ1n) is 7.19. The van der Waals surface area contributed by atoms with Gasteiger partial charge in [0.1, 0.15) is 5.82 Å². The number of anilines is 2. The Bertz CT molecular complexity index is 534. The number of hydrogen-bond donors (Lipinski definition) is 2. The fraction of sp³-hybridized carbons (Fsp3) is 0.467. The lowest BCUT2D eigenvalue weighted by atomic mass is 10.1. The number of benzene rings is 1. The molecule has 21 heavy (non-hydrogen) atoms. The van der Waals surface area contributed by atoms with E-state index in [-0.39, 0.29) is 24.0 Å². The van der Waals surface area contributed by atoms with Crippen LogP contribution >= 0.6 is 0 Å². The number of carbonyl (C=O) groups is 2. The summed E-state index contributed by atoms with van der Waals surface area (Å²) in [5, 5.41) is 2.62. The summed E-state index contributed by atoms with van der Waals surface area (Å²) in [5.41, 5.74) is 6.17. The van der Waals surface area contributed by atoms with E-state index >= 15 is 0 Å². The molecule has 1 aliphatic heterocycles. The Hall–Kier alpha value is -2.11. The van der Waals surface area contributed by atoms with Crippen molar-refractivity contribution >= 4 is 23.2 Å². The smallest absolute Gasteiger partial charge is 0.244 e. The summed E-state index contributed by atoms with van der Waals surface area (Å²) in [5.74, 6) is -0.761. The number of halogens is 1. The molecule has 0 spiro atoms. The van der Waals surface area contributed by atoms with Gasteiger partial charge in [0, 0.05) is 13.0 Å². The Morgan fingerprint density at radius 3 is 2.81 bits per heavy atom. The van der Waals surface area contributed by atoms with Crippen LogP contribution in [0.3, 0.4) is 0 Å². The molecule has 0 aromatic heterocycles. The Balaban J connectivity index is 1.95. The zero-order chi connectivity index (χ0) is 15.2. The quantitative estimate of drug-likeness (QED) is 0.838. The minimum Gasteiger partial charge on any atom is -0.397 e. The number of amides is 2. The van der Waals surface area contributed by atoms with Crippen LogP contribution in [0.4, 0.5) is 15.8 Å². The first-order chi connectivity index (χ1) is 10.1. The van der Waals surface area contributed by atoms with Gasteiger partial charge in [0.2, 0.25) is 11.8 Å². The zero-order valence-electron chi connectivity index (χ0n) is 11.9. The predicted octanol–water partition coefficient (Wildman–Crippen LogP) is 2.14. The highest BCUT2D eigenvalue weighted by atomic mass is 19.1. The van der Waals surface area contributed by atoms with Crippen molar-refractivity contribution in [3.05, 3.63) is 24.0 Å². The molecular weight excluding hydrogens is 273 g/mol. The average molecular weight is 293 g/mol. The van der Waals surface area contributed by atoms with Gasteiger partial charge in [-0.3, -0.25) is 9.59 Å². The molecule has 3 N–H and O–H groups in total. The first kappa shape index (κ1) is 15.3. The van der Waals surface area contributed by atoms with Crippen LogP contribution in [-0.2, 0) is 9.59 Å². The molecule has 1 aromatic rings. The summed E-state index contributed by atoms with van der Waals surface area (Å²) in [6.45, 7) is 0.612. The maximum atomic E-state index is 12.9. The van der Waals surface area contributed by atoms with Crippen molar-refractivity contribution in [2.24, 2.45) is 0 Å². The monoisotopic (exact) mass is 293 g/mol. The molecule has 2 rings (SSSR count). The van der Waals surface area contributed by atoms with Crippen LogP contribution in [0.2, 0.25) is 0 Å². The van der Waals surface area contributed by atoms with E-state index in [9.17, 15) is 14.0 Å². The number of nitrogens with zero attached hydrogens (tertiary/aromatic N) is 1. The fourth-order valence-corrected chi connectivity index (χ4v) is 2.39. The second kappa shape index (κ2) is 7.06. The maximum Gasteiger partial charge on any atom is 0.244 e. The maximum absolute atomic E-state index is 12.9. The summed E-state index contributed by atoms with van der Waals surface area (Å²) in [4.78, 5) is 25.5. The van der Waals surface area contributed by atoms with Crippen LogP contribution in [0.1, 0.15) is 32.1 Å². The highest BCUT2D eigenvalue weighted by Crippen LogP contribution is 2.19. The number of likely N-dealkylation sites (tertiary alicyclic amines) is 1. The van der Waals surface area contributed by atoms with Crippen LogP contribution in [0.25, 0.3) is 0 Å². The van der Waals surface area contributed by atoms with Crippen molar-refractivity contribution in [1.29, 1.82) is 0 Å². The van der Waals surface area contributed by atoms with Crippen molar-refractivity contribution in [2.45, 2.75) is 32.1 Å². The molecule has 1 saturated heterocycles. The molecule has 0 aliphatic carbocycles. The van der Waals surface area contributed by atoms with E-state index in [1.54, 1.807) is 4.90 Å². The van der Waals surface area contributed by atoms with E-state index in [2.05, 4.69) is 5.32 Å². The van der Waals surface area contributed by atoms with Crippen LogP contribution in [0, 0.1) is 5.82 Å². The second-order valence-electron chi connectivity index (χ2n) is 5.26. The van der Waals surface area contributed by atoms with Gasteiger partial charge in [-0.05, 0) is 31.0 Å². The Kier molecular flexibility index (Phi) is 5.14. The average Bonchev–Trinajstić information content (AvgIpc) is 2.42. The first-order valence-corrected chi connectivity index (χ1v) is 7.19. The number of rotatable bonds is 3. The van der Waals surface area contributed by atoms with Gasteiger partial charge < -0.3 is 16.0 Å². The van der Waals surface area contributed by atoms with Crippen molar-refractivity contribution in [3.8, 4) is 0 Å². The lowest BCUT2D eigenvalue weighted by Crippen LogP contribution is -2.39. The Labute approximate surface area is 123 Å². The molecule has 1 fully saturated rings. The molecule has 0 bridgehead atoms. The van der Waals surface area contributed by atoms with Crippen molar-refractivity contribution in [2.75, 3.05) is 24.1 Å². The van der Waals surface area contributed by atoms with Gasteiger partial charge in [0.15, 0.2) is 0 Å². The van der Waals surface area contributed by atoms with Crippen LogP contribution in [0.15, 0.2) is 18.2 Å². The number of nitrogens with two attached hydrogens (primary N) is 1. The third-order valence-corrected chi connectivity index (χ3v) is 3.54. The summed E-state index contributed by atoms with van der Waals surface area (Å²) in [6, 6.07) is 3.79. The van der Waals surface area contributed by atoms with Crippen LogP contribution < -0.4 is 11.1 Å². The molecule has 1 heterocycles. The van der Waals surface area contributed by atoms with Gasteiger partial charge in [-0.25, -0.2) is 4.39 Å². The summed E-state index contributed by atoms with van der Waals surface area (Å²) >= 11 is 0. The molecule has 0 radical (unpaired) electrons. The summed E-state index contributed by atoms with van der Waals surface area (Å²) in [7, 11) is 0. The molecule has 1 aromatic carbocycles. The minimum absolute atomic E-state index is 0.00957. The van der Waals surface area contributed by atoms with Crippen LogP contribution in [-0.4, -0.2) is 29.8 Å². The third kappa shape index (κ3) is 4.44. The molecule has 0 unspecified atom stereocenters. The van der Waals surface area contributed by atoms with E-state index in [0.29, 0.717) is 18.7 Å². The summed E-state index contributed by atoms with van der Waals surface area (Å²) in [6.07, 6.45) is 4.43. The van der Waals surface area contributed by atoms with Crippen molar-refractivity contribution in [1.82, 2.24) is 4.90 Å². The standard InChI is InChI=1S/C15H20FN3O2/c16-11-6-7-13(12(17)9-11)18-14(20)10-19-8-4-2-1-3-5-15(19)21/h6-7,9H,1-5,8,10,17H2,(H,18,20). The van der Waals surface area contributed by atoms with Crippen LogP contribution in [0.5, 0.6) is 0 Å². The van der Waals surface area contributed by atoms with Crippen molar-refractivity contribution < 1.29 is 14.0 Å². The summed E-state index contributed by atoms with van der Waals surface area (Å²) < 4.78 is 12.9. The van der Waals surface area contributed by atoms with E-state index in [4.69, 9.17) is 5.73 Å². The highest BCUT2D eigenvalue weighted by molar-refractivity contribution is 5.96. The Morgan fingerprint density at radius 1 is 1.29 bits per heavy atom. The van der Waals surface area contributed by atoms with E-state index < -0.39 is 5.82 Å². The predicted molar refractivity (Wildman–Crippen MR) is 79.1 cm³/mol. The molecule has 0 atom stereocenters. The molecule has 5 nitrogen and oxygen atoms in total. The minimum atomic E-state index is -0.454. The SMILES string of the molecule is Nc1cc(F)ccc1NC(=O)CN1CCCCCCC1=O. The molecule has 6 heteroatoms. The molecule has 0 saturated carbocycles. The van der Waals surface area contributed by atoms with E-state index in [1.165, 1.54) is 12.1 Å². The number of hydrogen-bond acceptors (Lipinski definition) is 3. The van der Waals surface area contributed by atoms with Gasteiger partial charge in [-0.15, -0.1) is 0 Å². The lowest BCUT2D eigenvalue weighted by molar-refractivity contribution is -0.135. The highest BCUT2D eigenvalue weighted by Gasteiger charge is 2.18. The second-order valence-corrected chi connectivity index (χ2v) is 5.26. The zero-order valence-corrected chi connectivity index (χ0v) is 11.9. The normalized spacial score (nSPS) is 16.2. The number of carbonyl (C=O) groups excluding carboxylic acids is 2. The topological polar surface area (TPSA) is 75.4 Å². The fourth-order valence-electron chi connectivity index (χ4n) is 2.39. The van der Waals surface area contributed by atoms with Gasteiger partial charge in [0.05, 0.1) is 17.9 Å². The molecule has 2 amide bonds. The number of nitrogens with one attached hydrogen (secondary N) is 1. The molecule has 114 valence electrons. The van der Waals surface area contributed by atoms with Gasteiger partial charge in [0.25, 0.3) is 0 Å². The third-order valence-electron chi connectivity index (χ3n) is 3.54.